The molecule has 0 heterocycles. The fourth-order valence-corrected chi connectivity index (χ4v) is 2.39. The van der Waals surface area contributed by atoms with E-state index in [2.05, 4.69) is 11.9 Å². The molecule has 0 aromatic heterocycles. The van der Waals surface area contributed by atoms with Crippen molar-refractivity contribution in [2.24, 2.45) is 0 Å². The first kappa shape index (κ1) is 16.6. The minimum atomic E-state index is -0.189. The second kappa shape index (κ2) is 7.49. The molecule has 1 amide bonds. The van der Waals surface area contributed by atoms with Gasteiger partial charge >= 0.3 is 0 Å². The number of hydrogen-bond donors (Lipinski definition) is 1. The lowest BCUT2D eigenvalue weighted by Crippen LogP contribution is -2.13. The zero-order chi connectivity index (χ0) is 16.8. The number of aryl methyl sites for hydroxylation is 1. The Balaban J connectivity index is 2.38. The summed E-state index contributed by atoms with van der Waals surface area (Å²) in [5.74, 6) is 0.965. The molecule has 0 aliphatic heterocycles. The standard InChI is InChI=1S/C19H21NO3/c1-5-8-14-11-15(12-17(22-3)18(14)23-4)19(21)20-16-10-7-6-9-13(16)2/h5-7,9-12H,1,8H2,2-4H3,(H,20,21). The first-order chi connectivity index (χ1) is 11.1. The molecular weight excluding hydrogens is 290 g/mol. The average Bonchev–Trinajstić information content (AvgIpc) is 2.56. The molecule has 120 valence electrons. The topological polar surface area (TPSA) is 47.6 Å². The summed E-state index contributed by atoms with van der Waals surface area (Å²) in [7, 11) is 3.14. The number of benzene rings is 2. The van der Waals surface area contributed by atoms with Crippen molar-refractivity contribution in [1.29, 1.82) is 0 Å². The number of amides is 1. The van der Waals surface area contributed by atoms with Crippen LogP contribution in [0.3, 0.4) is 0 Å². The molecule has 2 aromatic rings. The minimum absolute atomic E-state index is 0.189. The number of rotatable bonds is 6. The van der Waals surface area contributed by atoms with Gasteiger partial charge < -0.3 is 14.8 Å². The van der Waals surface area contributed by atoms with Crippen molar-refractivity contribution in [3.05, 3.63) is 65.7 Å². The van der Waals surface area contributed by atoms with Gasteiger partial charge in [0.05, 0.1) is 14.2 Å². The maximum Gasteiger partial charge on any atom is 0.255 e. The second-order valence-corrected chi connectivity index (χ2v) is 5.13. The van der Waals surface area contributed by atoms with Crippen LogP contribution in [-0.2, 0) is 6.42 Å². The van der Waals surface area contributed by atoms with Gasteiger partial charge in [-0.05, 0) is 37.1 Å². The molecule has 0 radical (unpaired) electrons. The van der Waals surface area contributed by atoms with Crippen molar-refractivity contribution in [1.82, 2.24) is 0 Å². The highest BCUT2D eigenvalue weighted by Crippen LogP contribution is 2.33. The summed E-state index contributed by atoms with van der Waals surface area (Å²) >= 11 is 0. The van der Waals surface area contributed by atoms with E-state index in [9.17, 15) is 4.79 Å². The quantitative estimate of drug-likeness (QED) is 0.820. The highest BCUT2D eigenvalue weighted by molar-refractivity contribution is 6.05. The van der Waals surface area contributed by atoms with Gasteiger partial charge in [0, 0.05) is 16.8 Å². The van der Waals surface area contributed by atoms with Gasteiger partial charge in [0.25, 0.3) is 5.91 Å². The Bertz CT molecular complexity index is 723. The van der Waals surface area contributed by atoms with Crippen molar-refractivity contribution in [2.75, 3.05) is 19.5 Å². The molecule has 23 heavy (non-hydrogen) atoms. The predicted molar refractivity (Wildman–Crippen MR) is 92.6 cm³/mol. The zero-order valence-electron chi connectivity index (χ0n) is 13.7. The van der Waals surface area contributed by atoms with Gasteiger partial charge in [0.15, 0.2) is 11.5 Å². The summed E-state index contributed by atoms with van der Waals surface area (Å²) in [6, 6.07) is 11.1. The molecule has 1 N–H and O–H groups in total. The van der Waals surface area contributed by atoms with E-state index in [-0.39, 0.29) is 5.91 Å². The highest BCUT2D eigenvalue weighted by Gasteiger charge is 2.16. The van der Waals surface area contributed by atoms with Gasteiger partial charge in [-0.2, -0.15) is 0 Å². The Labute approximate surface area is 136 Å². The number of ether oxygens (including phenoxy) is 2. The summed E-state index contributed by atoms with van der Waals surface area (Å²) < 4.78 is 10.7. The largest absolute Gasteiger partial charge is 0.493 e. The number of methoxy groups -OCH3 is 2. The molecule has 2 rings (SSSR count). The van der Waals surface area contributed by atoms with Gasteiger partial charge in [-0.1, -0.05) is 24.3 Å². The maximum atomic E-state index is 12.6. The number of para-hydroxylation sites is 1. The molecule has 0 saturated carbocycles. The Kier molecular flexibility index (Phi) is 5.41. The third kappa shape index (κ3) is 3.72. The maximum absolute atomic E-state index is 12.6. The molecule has 0 aliphatic rings. The lowest BCUT2D eigenvalue weighted by Gasteiger charge is -2.15. The average molecular weight is 311 g/mol. The van der Waals surface area contributed by atoms with E-state index in [1.807, 2.05) is 31.2 Å². The molecule has 2 aromatic carbocycles. The van der Waals surface area contributed by atoms with Crippen LogP contribution < -0.4 is 14.8 Å². The van der Waals surface area contributed by atoms with Crippen LogP contribution in [0.2, 0.25) is 0 Å². The second-order valence-electron chi connectivity index (χ2n) is 5.13. The van der Waals surface area contributed by atoms with Crippen LogP contribution in [0.4, 0.5) is 5.69 Å². The monoisotopic (exact) mass is 311 g/mol. The number of carbonyl (C=O) groups excluding carboxylic acids is 1. The Morgan fingerprint density at radius 2 is 1.96 bits per heavy atom. The zero-order valence-corrected chi connectivity index (χ0v) is 13.7. The van der Waals surface area contributed by atoms with E-state index in [0.29, 0.717) is 23.5 Å². The van der Waals surface area contributed by atoms with E-state index >= 15 is 0 Å². The van der Waals surface area contributed by atoms with Crippen molar-refractivity contribution in [2.45, 2.75) is 13.3 Å². The highest BCUT2D eigenvalue weighted by atomic mass is 16.5. The number of hydrogen-bond acceptors (Lipinski definition) is 3. The van der Waals surface area contributed by atoms with E-state index in [0.717, 1.165) is 16.8 Å². The third-order valence-corrected chi connectivity index (χ3v) is 3.58. The van der Waals surface area contributed by atoms with Gasteiger partial charge in [-0.3, -0.25) is 4.79 Å². The summed E-state index contributed by atoms with van der Waals surface area (Å²) in [6.45, 7) is 5.70. The van der Waals surface area contributed by atoms with E-state index < -0.39 is 0 Å². The SMILES string of the molecule is C=CCc1cc(C(=O)Nc2ccccc2C)cc(OC)c1OC. The number of allylic oxidation sites excluding steroid dienone is 1. The number of anilines is 1. The van der Waals surface area contributed by atoms with Crippen LogP contribution in [-0.4, -0.2) is 20.1 Å². The Morgan fingerprint density at radius 1 is 1.22 bits per heavy atom. The van der Waals surface area contributed by atoms with Crippen LogP contribution in [0.5, 0.6) is 11.5 Å². The lowest BCUT2D eigenvalue weighted by atomic mass is 10.0. The van der Waals surface area contributed by atoms with Crippen LogP contribution >= 0.6 is 0 Å². The summed E-state index contributed by atoms with van der Waals surface area (Å²) in [4.78, 5) is 12.6. The number of carbonyl (C=O) groups is 1. The molecule has 0 bridgehead atoms. The molecule has 0 unspecified atom stereocenters. The molecule has 0 spiro atoms. The van der Waals surface area contributed by atoms with Gasteiger partial charge in [0.2, 0.25) is 0 Å². The van der Waals surface area contributed by atoms with E-state index in [1.165, 1.54) is 0 Å². The minimum Gasteiger partial charge on any atom is -0.493 e. The van der Waals surface area contributed by atoms with Crippen molar-refractivity contribution in [3.8, 4) is 11.5 Å². The number of nitrogens with one attached hydrogen (secondary N) is 1. The first-order valence-electron chi connectivity index (χ1n) is 7.33. The van der Waals surface area contributed by atoms with Gasteiger partial charge in [-0.25, -0.2) is 0 Å². The van der Waals surface area contributed by atoms with E-state index in [1.54, 1.807) is 32.4 Å². The van der Waals surface area contributed by atoms with Crippen molar-refractivity contribution < 1.29 is 14.3 Å². The van der Waals surface area contributed by atoms with Crippen LogP contribution in [0.1, 0.15) is 21.5 Å². The third-order valence-electron chi connectivity index (χ3n) is 3.58. The molecule has 0 saturated heterocycles. The Morgan fingerprint density at radius 3 is 2.57 bits per heavy atom. The van der Waals surface area contributed by atoms with E-state index in [4.69, 9.17) is 9.47 Å². The van der Waals surface area contributed by atoms with Crippen LogP contribution in [0, 0.1) is 6.92 Å². The predicted octanol–water partition coefficient (Wildman–Crippen LogP) is 3.99. The fourth-order valence-electron chi connectivity index (χ4n) is 2.39. The van der Waals surface area contributed by atoms with Gasteiger partial charge in [-0.15, -0.1) is 6.58 Å². The molecule has 4 nitrogen and oxygen atoms in total. The van der Waals surface area contributed by atoms with Crippen LogP contribution in [0.25, 0.3) is 0 Å². The molecule has 0 atom stereocenters. The smallest absolute Gasteiger partial charge is 0.255 e. The fraction of sp³-hybridized carbons (Fsp3) is 0.211. The summed E-state index contributed by atoms with van der Waals surface area (Å²) in [5, 5.41) is 2.92. The lowest BCUT2D eigenvalue weighted by molar-refractivity contribution is 0.102. The van der Waals surface area contributed by atoms with Crippen molar-refractivity contribution in [3.63, 3.8) is 0 Å². The van der Waals surface area contributed by atoms with Gasteiger partial charge in [0.1, 0.15) is 0 Å². The molecule has 0 aliphatic carbocycles. The summed E-state index contributed by atoms with van der Waals surface area (Å²) in [6.07, 6.45) is 2.35. The first-order valence-corrected chi connectivity index (χ1v) is 7.33. The molecular formula is C19H21NO3. The summed E-state index contributed by atoms with van der Waals surface area (Å²) in [5.41, 5.74) is 3.17. The normalized spacial score (nSPS) is 10.0. The molecule has 0 fully saturated rings. The Hall–Kier alpha value is -2.75. The van der Waals surface area contributed by atoms with Crippen LogP contribution in [0.15, 0.2) is 49.1 Å². The molecule has 4 heteroatoms. The van der Waals surface area contributed by atoms with Crippen molar-refractivity contribution >= 4 is 11.6 Å².